The molecule has 2 heterocycles. The molecule has 0 bridgehead atoms. The first-order valence-corrected chi connectivity index (χ1v) is 9.62. The summed E-state index contributed by atoms with van der Waals surface area (Å²) in [5.74, 6) is 0.354. The Kier molecular flexibility index (Phi) is 6.19. The molecule has 28 heavy (non-hydrogen) atoms. The summed E-state index contributed by atoms with van der Waals surface area (Å²) in [5, 5.41) is 0. The third kappa shape index (κ3) is 5.01. The van der Waals surface area contributed by atoms with E-state index in [1.54, 1.807) is 18.2 Å². The van der Waals surface area contributed by atoms with Crippen LogP contribution in [0, 0.1) is 0 Å². The van der Waals surface area contributed by atoms with Crippen molar-refractivity contribution in [3.05, 3.63) is 54.4 Å². The van der Waals surface area contributed by atoms with Crippen LogP contribution in [0.25, 0.3) is 0 Å². The fourth-order valence-corrected chi connectivity index (χ4v) is 3.19. The highest BCUT2D eigenvalue weighted by Crippen LogP contribution is 2.31. The van der Waals surface area contributed by atoms with E-state index in [2.05, 4.69) is 34.1 Å². The summed E-state index contributed by atoms with van der Waals surface area (Å²) >= 11 is 0. The van der Waals surface area contributed by atoms with Gasteiger partial charge in [-0.15, -0.1) is 0 Å². The average molecular weight is 383 g/mol. The van der Waals surface area contributed by atoms with Gasteiger partial charge in [-0.2, -0.15) is 0 Å². The molecule has 0 aliphatic carbocycles. The largest absolute Gasteiger partial charge is 0.444 e. The lowest BCUT2D eigenvalue weighted by Crippen LogP contribution is -2.50. The monoisotopic (exact) mass is 383 g/mol. The lowest BCUT2D eigenvalue weighted by atomic mass is 9.91. The molecule has 150 valence electrons. The second kappa shape index (κ2) is 8.61. The molecule has 0 N–H and O–H groups in total. The Morgan fingerprint density at radius 2 is 1.89 bits per heavy atom. The van der Waals surface area contributed by atoms with Crippen LogP contribution in [-0.2, 0) is 9.47 Å². The smallest absolute Gasteiger partial charge is 0.410 e. The molecule has 1 aromatic carbocycles. The van der Waals surface area contributed by atoms with Crippen LogP contribution < -0.4 is 4.90 Å². The normalized spacial score (nSPS) is 14.5. The van der Waals surface area contributed by atoms with E-state index >= 15 is 0 Å². The molecule has 1 aliphatic heterocycles. The Labute approximate surface area is 167 Å². The van der Waals surface area contributed by atoms with Gasteiger partial charge in [-0.3, -0.25) is 4.98 Å². The van der Waals surface area contributed by atoms with Gasteiger partial charge in [-0.1, -0.05) is 12.1 Å². The zero-order valence-corrected chi connectivity index (χ0v) is 17.1. The summed E-state index contributed by atoms with van der Waals surface area (Å²) in [6, 6.07) is 12.5. The third-order valence-corrected chi connectivity index (χ3v) is 4.69. The topological polar surface area (TPSA) is 54.9 Å². The predicted octanol–water partition coefficient (Wildman–Crippen LogP) is 4.20. The Morgan fingerprint density at radius 1 is 1.18 bits per heavy atom. The number of pyridine rings is 1. The quantitative estimate of drug-likeness (QED) is 0.748. The first-order chi connectivity index (χ1) is 13.4. The van der Waals surface area contributed by atoms with Crippen molar-refractivity contribution in [1.82, 2.24) is 9.88 Å². The average Bonchev–Trinajstić information content (AvgIpc) is 2.61. The molecule has 3 rings (SSSR count). The van der Waals surface area contributed by atoms with Crippen LogP contribution in [0.1, 0.15) is 32.3 Å². The van der Waals surface area contributed by atoms with Crippen LogP contribution >= 0.6 is 0 Å². The Morgan fingerprint density at radius 3 is 2.46 bits per heavy atom. The number of likely N-dealkylation sites (tertiary alicyclic amines) is 1. The maximum absolute atomic E-state index is 12.1. The van der Waals surface area contributed by atoms with Gasteiger partial charge in [0.05, 0.1) is 18.5 Å². The van der Waals surface area contributed by atoms with Crippen molar-refractivity contribution in [3.63, 3.8) is 0 Å². The number of hydrogen-bond donors (Lipinski definition) is 0. The number of ether oxygens (including phenoxy) is 2. The highest BCUT2D eigenvalue weighted by Gasteiger charge is 2.34. The molecule has 0 radical (unpaired) electrons. The molecular weight excluding hydrogens is 354 g/mol. The second-order valence-electron chi connectivity index (χ2n) is 8.03. The molecule has 0 atom stereocenters. The summed E-state index contributed by atoms with van der Waals surface area (Å²) in [4.78, 5) is 20.3. The van der Waals surface area contributed by atoms with Crippen molar-refractivity contribution < 1.29 is 14.3 Å². The standard InChI is InChI=1S/C22H29N3O3/c1-22(2,3)28-21(26)24-15-18(16-24)17-7-9-19(10-8-17)25(12-13-27-4)20-6-5-11-23-14-20/h5-11,14,18H,12-13,15-16H2,1-4H3. The number of anilines is 2. The number of benzene rings is 1. The molecule has 0 saturated carbocycles. The fourth-order valence-electron chi connectivity index (χ4n) is 3.19. The number of nitrogens with zero attached hydrogens (tertiary/aromatic N) is 3. The fraction of sp³-hybridized carbons (Fsp3) is 0.455. The molecule has 1 aliphatic rings. The lowest BCUT2D eigenvalue weighted by Gasteiger charge is -2.40. The first-order valence-electron chi connectivity index (χ1n) is 9.62. The van der Waals surface area contributed by atoms with Crippen molar-refractivity contribution in [2.45, 2.75) is 32.3 Å². The molecule has 1 aromatic heterocycles. The maximum Gasteiger partial charge on any atom is 0.410 e. The molecular formula is C22H29N3O3. The number of rotatable bonds is 6. The van der Waals surface area contributed by atoms with E-state index in [1.165, 1.54) is 5.56 Å². The highest BCUT2D eigenvalue weighted by molar-refractivity contribution is 5.70. The zero-order valence-electron chi connectivity index (χ0n) is 17.1. The van der Waals surface area contributed by atoms with Gasteiger partial charge >= 0.3 is 6.09 Å². The predicted molar refractivity (Wildman–Crippen MR) is 110 cm³/mol. The number of amides is 1. The molecule has 1 fully saturated rings. The third-order valence-electron chi connectivity index (χ3n) is 4.69. The minimum atomic E-state index is -0.457. The summed E-state index contributed by atoms with van der Waals surface area (Å²) in [5.41, 5.74) is 2.91. The van der Waals surface area contributed by atoms with Gasteiger partial charge in [0.2, 0.25) is 0 Å². The van der Waals surface area contributed by atoms with Crippen molar-refractivity contribution in [2.24, 2.45) is 0 Å². The minimum absolute atomic E-state index is 0.234. The molecule has 0 unspecified atom stereocenters. The number of carbonyl (C=O) groups is 1. The molecule has 6 heteroatoms. The second-order valence-corrected chi connectivity index (χ2v) is 8.03. The van der Waals surface area contributed by atoms with Gasteiger partial charge in [0.1, 0.15) is 5.60 Å². The number of carbonyl (C=O) groups excluding carboxylic acids is 1. The molecule has 6 nitrogen and oxygen atoms in total. The van der Waals surface area contributed by atoms with Crippen molar-refractivity contribution in [2.75, 3.05) is 38.3 Å². The van der Waals surface area contributed by atoms with Crippen LogP contribution in [0.3, 0.4) is 0 Å². The summed E-state index contributed by atoms with van der Waals surface area (Å²) in [6.07, 6.45) is 3.39. The van der Waals surface area contributed by atoms with Crippen LogP contribution in [0.5, 0.6) is 0 Å². The lowest BCUT2D eigenvalue weighted by molar-refractivity contribution is 0.00819. The van der Waals surface area contributed by atoms with Crippen LogP contribution in [0.2, 0.25) is 0 Å². The van der Waals surface area contributed by atoms with Gasteiger partial charge in [-0.25, -0.2) is 4.79 Å². The molecule has 0 spiro atoms. The van der Waals surface area contributed by atoms with Crippen LogP contribution in [-0.4, -0.2) is 54.9 Å². The maximum atomic E-state index is 12.1. The number of hydrogen-bond acceptors (Lipinski definition) is 5. The van der Waals surface area contributed by atoms with Crippen LogP contribution in [0.15, 0.2) is 48.8 Å². The summed E-state index contributed by atoms with van der Waals surface area (Å²) in [6.45, 7) is 8.44. The Bertz CT molecular complexity index is 766. The van der Waals surface area contributed by atoms with Crippen molar-refractivity contribution >= 4 is 17.5 Å². The first kappa shape index (κ1) is 20.1. The summed E-state index contributed by atoms with van der Waals surface area (Å²) in [7, 11) is 1.71. The summed E-state index contributed by atoms with van der Waals surface area (Å²) < 4.78 is 10.7. The Balaban J connectivity index is 1.64. The number of aromatic nitrogens is 1. The van der Waals surface area contributed by atoms with Gasteiger partial charge in [0.25, 0.3) is 0 Å². The van der Waals surface area contributed by atoms with Gasteiger partial charge in [-0.05, 0) is 50.6 Å². The van der Waals surface area contributed by atoms with Gasteiger partial charge in [0, 0.05) is 44.5 Å². The Hall–Kier alpha value is -2.60. The SMILES string of the molecule is COCCN(c1ccc(C2CN(C(=O)OC(C)(C)C)C2)cc1)c1cccnc1. The van der Waals surface area contributed by atoms with Gasteiger partial charge in [0.15, 0.2) is 0 Å². The van der Waals surface area contributed by atoms with E-state index in [-0.39, 0.29) is 6.09 Å². The van der Waals surface area contributed by atoms with E-state index in [0.717, 1.165) is 17.9 Å². The molecule has 1 saturated heterocycles. The molecule has 2 aromatic rings. The number of methoxy groups -OCH3 is 1. The zero-order chi connectivity index (χ0) is 20.1. The highest BCUT2D eigenvalue weighted by atomic mass is 16.6. The minimum Gasteiger partial charge on any atom is -0.444 e. The van der Waals surface area contributed by atoms with E-state index < -0.39 is 5.60 Å². The van der Waals surface area contributed by atoms with Gasteiger partial charge < -0.3 is 19.3 Å². The van der Waals surface area contributed by atoms with E-state index in [4.69, 9.17) is 9.47 Å². The van der Waals surface area contributed by atoms with Crippen molar-refractivity contribution in [3.8, 4) is 0 Å². The van der Waals surface area contributed by atoms with Crippen molar-refractivity contribution in [1.29, 1.82) is 0 Å². The van der Waals surface area contributed by atoms with E-state index in [1.807, 2.05) is 39.1 Å². The van der Waals surface area contributed by atoms with E-state index in [0.29, 0.717) is 25.6 Å². The molecule has 1 amide bonds. The van der Waals surface area contributed by atoms with Crippen LogP contribution in [0.4, 0.5) is 16.2 Å². The van der Waals surface area contributed by atoms with E-state index in [9.17, 15) is 4.79 Å².